The van der Waals surface area contributed by atoms with Gasteiger partial charge in [0.2, 0.25) is 5.89 Å². The first-order chi connectivity index (χ1) is 13.7. The van der Waals surface area contributed by atoms with E-state index >= 15 is 0 Å². The maximum Gasteiger partial charge on any atom is 0.228 e. The Morgan fingerprint density at radius 2 is 1.86 bits per heavy atom. The van der Waals surface area contributed by atoms with Gasteiger partial charge in [0.15, 0.2) is 5.58 Å². The standard InChI is InChI=1S/C23H14ClFN2O/c24-21-17(13-7-9-15(25)10-8-13)5-2-6-18(21)23-27-20-11-14-3-1-4-16(14)19(12-26)22(20)28-23/h2,5-11H,1,3-4H2. The van der Waals surface area contributed by atoms with Gasteiger partial charge in [-0.3, -0.25) is 0 Å². The Hall–Kier alpha value is -3.16. The van der Waals surface area contributed by atoms with E-state index in [9.17, 15) is 9.65 Å². The van der Waals surface area contributed by atoms with Gasteiger partial charge in [0, 0.05) is 5.56 Å². The third-order valence-corrected chi connectivity index (χ3v) is 5.66. The van der Waals surface area contributed by atoms with Crippen LogP contribution in [0.1, 0.15) is 23.1 Å². The molecule has 0 fully saturated rings. The molecule has 1 heterocycles. The van der Waals surface area contributed by atoms with Crippen LogP contribution in [0.15, 0.2) is 52.9 Å². The lowest BCUT2D eigenvalue weighted by molar-refractivity contribution is 0.618. The normalized spacial score (nSPS) is 12.9. The average molecular weight is 389 g/mol. The van der Waals surface area contributed by atoms with Crippen LogP contribution >= 0.6 is 11.6 Å². The first-order valence-electron chi connectivity index (χ1n) is 9.06. The van der Waals surface area contributed by atoms with Crippen LogP contribution in [-0.2, 0) is 12.8 Å². The predicted octanol–water partition coefficient (Wildman–Crippen LogP) is 6.31. The summed E-state index contributed by atoms with van der Waals surface area (Å²) in [7, 11) is 0. The van der Waals surface area contributed by atoms with E-state index in [1.165, 1.54) is 17.7 Å². The lowest BCUT2D eigenvalue weighted by Gasteiger charge is -2.07. The number of halogens is 2. The topological polar surface area (TPSA) is 49.8 Å². The van der Waals surface area contributed by atoms with E-state index in [0.29, 0.717) is 33.1 Å². The Bertz CT molecular complexity index is 1270. The molecule has 1 aliphatic carbocycles. The molecule has 0 spiro atoms. The molecule has 3 nitrogen and oxygen atoms in total. The van der Waals surface area contributed by atoms with E-state index in [4.69, 9.17) is 16.0 Å². The Labute approximate surface area is 166 Å². The Morgan fingerprint density at radius 1 is 1.07 bits per heavy atom. The number of benzene rings is 3. The quantitative estimate of drug-likeness (QED) is 0.404. The summed E-state index contributed by atoms with van der Waals surface area (Å²) in [6.07, 6.45) is 2.91. The van der Waals surface area contributed by atoms with Crippen molar-refractivity contribution in [2.75, 3.05) is 0 Å². The van der Waals surface area contributed by atoms with Gasteiger partial charge in [-0.2, -0.15) is 5.26 Å². The van der Waals surface area contributed by atoms with E-state index in [-0.39, 0.29) is 5.82 Å². The lowest BCUT2D eigenvalue weighted by Crippen LogP contribution is -1.89. The van der Waals surface area contributed by atoms with Crippen LogP contribution in [0.5, 0.6) is 0 Å². The second kappa shape index (κ2) is 6.47. The van der Waals surface area contributed by atoms with Crippen LogP contribution in [0.2, 0.25) is 5.02 Å². The average Bonchev–Trinajstić information content (AvgIpc) is 3.33. The highest BCUT2D eigenvalue weighted by Gasteiger charge is 2.23. The van der Waals surface area contributed by atoms with Crippen LogP contribution in [0, 0.1) is 17.1 Å². The van der Waals surface area contributed by atoms with Crippen molar-refractivity contribution < 1.29 is 8.81 Å². The molecule has 0 amide bonds. The number of aromatic nitrogens is 1. The second-order valence-electron chi connectivity index (χ2n) is 6.90. The zero-order valence-corrected chi connectivity index (χ0v) is 15.6. The van der Waals surface area contributed by atoms with Gasteiger partial charge in [-0.15, -0.1) is 0 Å². The molecule has 3 aromatic carbocycles. The molecule has 0 atom stereocenters. The molecule has 0 radical (unpaired) electrons. The van der Waals surface area contributed by atoms with Crippen LogP contribution < -0.4 is 0 Å². The molecule has 0 bridgehead atoms. The first kappa shape index (κ1) is 17.0. The third kappa shape index (κ3) is 2.59. The van der Waals surface area contributed by atoms with E-state index in [0.717, 1.165) is 36.0 Å². The fourth-order valence-electron chi connectivity index (χ4n) is 3.91. The van der Waals surface area contributed by atoms with Crippen LogP contribution in [0.3, 0.4) is 0 Å². The van der Waals surface area contributed by atoms with Crippen LogP contribution in [-0.4, -0.2) is 4.98 Å². The summed E-state index contributed by atoms with van der Waals surface area (Å²) in [5.74, 6) is 0.0798. The van der Waals surface area contributed by atoms with E-state index in [1.807, 2.05) is 24.3 Å². The van der Waals surface area contributed by atoms with Crippen molar-refractivity contribution in [2.45, 2.75) is 19.3 Å². The minimum absolute atomic E-state index is 0.299. The summed E-state index contributed by atoms with van der Waals surface area (Å²) < 4.78 is 19.3. The predicted molar refractivity (Wildman–Crippen MR) is 107 cm³/mol. The van der Waals surface area contributed by atoms with Gasteiger partial charge in [0.1, 0.15) is 23.0 Å². The molecular weight excluding hydrogens is 375 g/mol. The molecule has 5 rings (SSSR count). The number of rotatable bonds is 2. The van der Waals surface area contributed by atoms with Gasteiger partial charge in [-0.1, -0.05) is 35.9 Å². The first-order valence-corrected chi connectivity index (χ1v) is 9.43. The van der Waals surface area contributed by atoms with Crippen molar-refractivity contribution in [3.63, 3.8) is 0 Å². The highest BCUT2D eigenvalue weighted by molar-refractivity contribution is 6.36. The summed E-state index contributed by atoms with van der Waals surface area (Å²) >= 11 is 6.66. The van der Waals surface area contributed by atoms with E-state index < -0.39 is 0 Å². The smallest absolute Gasteiger partial charge is 0.228 e. The number of oxazole rings is 1. The van der Waals surface area contributed by atoms with Crippen molar-refractivity contribution in [1.82, 2.24) is 4.98 Å². The fourth-order valence-corrected chi connectivity index (χ4v) is 4.22. The highest BCUT2D eigenvalue weighted by atomic mass is 35.5. The zero-order valence-electron chi connectivity index (χ0n) is 14.8. The molecule has 4 aromatic rings. The number of aryl methyl sites for hydroxylation is 1. The number of hydrogen-bond donors (Lipinski definition) is 0. The van der Waals surface area contributed by atoms with Gasteiger partial charge in [0.05, 0.1) is 10.6 Å². The monoisotopic (exact) mass is 388 g/mol. The second-order valence-corrected chi connectivity index (χ2v) is 7.27. The molecule has 136 valence electrons. The number of nitriles is 1. The van der Waals surface area contributed by atoms with Crippen molar-refractivity contribution in [2.24, 2.45) is 0 Å². The summed E-state index contributed by atoms with van der Waals surface area (Å²) in [4.78, 5) is 4.62. The van der Waals surface area contributed by atoms with Gasteiger partial charge in [-0.25, -0.2) is 9.37 Å². The minimum atomic E-state index is -0.299. The zero-order chi connectivity index (χ0) is 19.3. The SMILES string of the molecule is N#Cc1c2c(cc3nc(-c4cccc(-c5ccc(F)cc5)c4Cl)oc13)CCC2. The van der Waals surface area contributed by atoms with Gasteiger partial charge >= 0.3 is 0 Å². The number of hydrogen-bond acceptors (Lipinski definition) is 3. The molecular formula is C23H14ClFN2O. The highest BCUT2D eigenvalue weighted by Crippen LogP contribution is 2.39. The fraction of sp³-hybridized carbons (Fsp3) is 0.130. The molecule has 28 heavy (non-hydrogen) atoms. The van der Waals surface area contributed by atoms with Crippen LogP contribution in [0.25, 0.3) is 33.7 Å². The molecule has 0 saturated carbocycles. The molecule has 0 N–H and O–H groups in total. The van der Waals surface area contributed by atoms with Gasteiger partial charge in [0.25, 0.3) is 0 Å². The maximum atomic E-state index is 13.3. The van der Waals surface area contributed by atoms with Gasteiger partial charge in [-0.05, 0) is 60.2 Å². The Balaban J connectivity index is 1.68. The molecule has 1 aromatic heterocycles. The van der Waals surface area contributed by atoms with Crippen LogP contribution in [0.4, 0.5) is 4.39 Å². The number of nitrogens with zero attached hydrogens (tertiary/aromatic N) is 2. The van der Waals surface area contributed by atoms with E-state index in [1.54, 1.807) is 12.1 Å². The maximum absolute atomic E-state index is 13.3. The third-order valence-electron chi connectivity index (χ3n) is 5.25. The summed E-state index contributed by atoms with van der Waals surface area (Å²) in [6, 6.07) is 16.0. The van der Waals surface area contributed by atoms with Crippen molar-refractivity contribution in [1.29, 1.82) is 5.26 Å². The van der Waals surface area contributed by atoms with Crippen molar-refractivity contribution in [3.05, 3.63) is 76.1 Å². The van der Waals surface area contributed by atoms with Gasteiger partial charge < -0.3 is 4.42 Å². The molecule has 0 aliphatic heterocycles. The summed E-state index contributed by atoms with van der Waals surface area (Å²) in [5.41, 5.74) is 6.24. The summed E-state index contributed by atoms with van der Waals surface area (Å²) in [5, 5.41) is 10.1. The lowest BCUT2D eigenvalue weighted by atomic mass is 10.0. The minimum Gasteiger partial charge on any atom is -0.435 e. The molecule has 0 unspecified atom stereocenters. The molecule has 1 aliphatic rings. The van der Waals surface area contributed by atoms with Crippen molar-refractivity contribution in [3.8, 4) is 28.7 Å². The Kier molecular flexibility index (Phi) is 3.92. The van der Waals surface area contributed by atoms with Crippen molar-refractivity contribution >= 4 is 22.7 Å². The molecule has 0 saturated heterocycles. The summed E-state index contributed by atoms with van der Waals surface area (Å²) in [6.45, 7) is 0. The molecule has 5 heteroatoms. The van der Waals surface area contributed by atoms with E-state index in [2.05, 4.69) is 11.1 Å². The largest absolute Gasteiger partial charge is 0.435 e. The Morgan fingerprint density at radius 3 is 2.64 bits per heavy atom. The number of fused-ring (bicyclic) bond motifs is 2.